The fraction of sp³-hybridized carbons (Fsp3) is 0.875. The lowest BCUT2D eigenvalue weighted by Gasteiger charge is -2.46. The van der Waals surface area contributed by atoms with Crippen molar-refractivity contribution < 1.29 is 19.1 Å². The smallest absolute Gasteiger partial charge is 0.326 e. The maximum Gasteiger partial charge on any atom is 0.326 e. The van der Waals surface area contributed by atoms with E-state index in [4.69, 9.17) is 9.47 Å². The van der Waals surface area contributed by atoms with Crippen LogP contribution in [0.4, 0.5) is 0 Å². The van der Waals surface area contributed by atoms with Crippen LogP contribution in [0.15, 0.2) is 0 Å². The Kier molecular flexibility index (Phi) is 3.99. The van der Waals surface area contributed by atoms with Crippen molar-refractivity contribution in [2.75, 3.05) is 6.79 Å². The maximum atomic E-state index is 12.6. The van der Waals surface area contributed by atoms with Gasteiger partial charge in [-0.15, -0.1) is 0 Å². The predicted octanol–water partition coefficient (Wildman–Crippen LogP) is 3.19. The van der Waals surface area contributed by atoms with Gasteiger partial charge >= 0.3 is 11.9 Å². The maximum absolute atomic E-state index is 12.6. The van der Waals surface area contributed by atoms with Crippen molar-refractivity contribution in [2.45, 2.75) is 64.2 Å². The summed E-state index contributed by atoms with van der Waals surface area (Å²) < 4.78 is 10.4. The quantitative estimate of drug-likeness (QED) is 0.576. The molecule has 2 saturated carbocycles. The van der Waals surface area contributed by atoms with Crippen molar-refractivity contribution in [2.24, 2.45) is 17.3 Å². The average molecular weight is 280 g/mol. The minimum atomic E-state index is -0.987. The van der Waals surface area contributed by atoms with Crippen LogP contribution < -0.4 is 0 Å². The number of carbonyl (C=O) groups excluding carboxylic acids is 2. The van der Waals surface area contributed by atoms with Crippen molar-refractivity contribution in [1.82, 2.24) is 0 Å². The molecule has 3 fully saturated rings. The highest BCUT2D eigenvalue weighted by molar-refractivity contribution is 6.02. The van der Waals surface area contributed by atoms with Crippen LogP contribution in [-0.4, -0.2) is 18.7 Å². The molecule has 1 heterocycles. The molecule has 0 aromatic rings. The van der Waals surface area contributed by atoms with Gasteiger partial charge in [0.15, 0.2) is 5.41 Å². The molecule has 0 aromatic carbocycles. The topological polar surface area (TPSA) is 52.6 Å². The molecule has 4 nitrogen and oxygen atoms in total. The Labute approximate surface area is 120 Å². The zero-order chi connectivity index (χ0) is 14.0. The Morgan fingerprint density at radius 1 is 0.700 bits per heavy atom. The molecular weight excluding hydrogens is 256 g/mol. The highest BCUT2D eigenvalue weighted by Gasteiger charge is 2.61. The second kappa shape index (κ2) is 5.74. The monoisotopic (exact) mass is 280 g/mol. The summed E-state index contributed by atoms with van der Waals surface area (Å²) in [5, 5.41) is 0. The lowest BCUT2D eigenvalue weighted by molar-refractivity contribution is -0.215. The highest BCUT2D eigenvalue weighted by Crippen LogP contribution is 2.51. The molecule has 2 aliphatic carbocycles. The fourth-order valence-corrected chi connectivity index (χ4v) is 4.57. The molecule has 20 heavy (non-hydrogen) atoms. The lowest BCUT2D eigenvalue weighted by atomic mass is 9.58. The van der Waals surface area contributed by atoms with E-state index in [1.165, 1.54) is 12.8 Å². The molecule has 0 aromatic heterocycles. The van der Waals surface area contributed by atoms with Crippen LogP contribution in [-0.2, 0) is 19.1 Å². The van der Waals surface area contributed by atoms with Gasteiger partial charge in [0.2, 0.25) is 6.79 Å². The molecule has 3 aliphatic rings. The van der Waals surface area contributed by atoms with Crippen molar-refractivity contribution in [3.63, 3.8) is 0 Å². The van der Waals surface area contributed by atoms with Crippen LogP contribution in [0.3, 0.4) is 0 Å². The van der Waals surface area contributed by atoms with Crippen molar-refractivity contribution in [1.29, 1.82) is 0 Å². The van der Waals surface area contributed by atoms with E-state index in [2.05, 4.69) is 0 Å². The van der Waals surface area contributed by atoms with Crippen molar-refractivity contribution >= 4 is 11.9 Å². The van der Waals surface area contributed by atoms with E-state index in [1.807, 2.05) is 0 Å². The van der Waals surface area contributed by atoms with E-state index in [0.29, 0.717) is 0 Å². The second-order valence-electron chi connectivity index (χ2n) is 6.52. The highest BCUT2D eigenvalue weighted by atomic mass is 16.7. The summed E-state index contributed by atoms with van der Waals surface area (Å²) in [7, 11) is 0. The Bertz CT molecular complexity index is 342. The molecule has 0 N–H and O–H groups in total. The van der Waals surface area contributed by atoms with Crippen LogP contribution in [0.25, 0.3) is 0 Å². The molecule has 1 aliphatic heterocycles. The largest absolute Gasteiger partial charge is 0.427 e. The Morgan fingerprint density at radius 3 is 1.50 bits per heavy atom. The normalized spacial score (nSPS) is 28.8. The molecule has 0 bridgehead atoms. The second-order valence-corrected chi connectivity index (χ2v) is 6.52. The number of esters is 2. The number of hydrogen-bond donors (Lipinski definition) is 0. The van der Waals surface area contributed by atoms with E-state index in [1.54, 1.807) is 0 Å². The summed E-state index contributed by atoms with van der Waals surface area (Å²) in [6.07, 6.45) is 10.7. The number of rotatable bonds is 2. The minimum absolute atomic E-state index is 0.125. The molecule has 112 valence electrons. The zero-order valence-electron chi connectivity index (χ0n) is 12.1. The SMILES string of the molecule is O=C1OCOC(=O)C1(C1CCCCC1)C1CCCCC1. The standard InChI is InChI=1S/C16H24O4/c17-14-16(15(18)20-11-19-14,12-7-3-1-4-8-12)13-9-5-2-6-10-13/h12-13H,1-11H2. The van der Waals surface area contributed by atoms with Gasteiger partial charge in [0.1, 0.15) is 0 Å². The molecule has 4 heteroatoms. The molecule has 0 amide bonds. The van der Waals surface area contributed by atoms with Gasteiger partial charge in [0, 0.05) is 0 Å². The minimum Gasteiger partial charge on any atom is -0.427 e. The summed E-state index contributed by atoms with van der Waals surface area (Å²) in [5.74, 6) is -0.348. The first-order chi connectivity index (χ1) is 9.76. The van der Waals surface area contributed by atoms with E-state index in [-0.39, 0.29) is 30.6 Å². The molecule has 0 radical (unpaired) electrons. The third-order valence-electron chi connectivity index (χ3n) is 5.55. The predicted molar refractivity (Wildman–Crippen MR) is 72.6 cm³/mol. The summed E-state index contributed by atoms with van der Waals surface area (Å²) in [6, 6.07) is 0. The number of ether oxygens (including phenoxy) is 2. The van der Waals surface area contributed by atoms with Gasteiger partial charge in [0.25, 0.3) is 0 Å². The Hall–Kier alpha value is -1.06. The van der Waals surface area contributed by atoms with E-state index in [0.717, 1.165) is 51.4 Å². The van der Waals surface area contributed by atoms with Gasteiger partial charge in [-0.3, -0.25) is 9.59 Å². The van der Waals surface area contributed by atoms with E-state index in [9.17, 15) is 9.59 Å². The van der Waals surface area contributed by atoms with Gasteiger partial charge in [-0.1, -0.05) is 38.5 Å². The van der Waals surface area contributed by atoms with E-state index < -0.39 is 5.41 Å². The summed E-state index contributed by atoms with van der Waals surface area (Å²) in [6.45, 7) is -0.196. The van der Waals surface area contributed by atoms with Gasteiger partial charge < -0.3 is 9.47 Å². The number of cyclic esters (lactones) is 2. The zero-order valence-corrected chi connectivity index (χ0v) is 12.1. The van der Waals surface area contributed by atoms with Crippen LogP contribution in [0.5, 0.6) is 0 Å². The third kappa shape index (κ3) is 2.13. The molecule has 0 atom stereocenters. The number of hydrogen-bond acceptors (Lipinski definition) is 4. The molecule has 0 spiro atoms. The van der Waals surface area contributed by atoms with Gasteiger partial charge in [0.05, 0.1) is 0 Å². The van der Waals surface area contributed by atoms with Gasteiger partial charge in [-0.25, -0.2) is 0 Å². The Morgan fingerprint density at radius 2 is 1.10 bits per heavy atom. The van der Waals surface area contributed by atoms with E-state index >= 15 is 0 Å². The molecule has 1 saturated heterocycles. The summed E-state index contributed by atoms with van der Waals surface area (Å²) in [5.41, 5.74) is -0.987. The Balaban J connectivity index is 1.95. The first-order valence-electron chi connectivity index (χ1n) is 8.10. The third-order valence-corrected chi connectivity index (χ3v) is 5.55. The van der Waals surface area contributed by atoms with Gasteiger partial charge in [-0.2, -0.15) is 0 Å². The summed E-state index contributed by atoms with van der Waals surface area (Å²) >= 11 is 0. The molecule has 0 unspecified atom stereocenters. The first-order valence-corrected chi connectivity index (χ1v) is 8.10. The lowest BCUT2D eigenvalue weighted by Crippen LogP contribution is -2.56. The van der Waals surface area contributed by atoms with Gasteiger partial charge in [-0.05, 0) is 37.5 Å². The van der Waals surface area contributed by atoms with Crippen LogP contribution in [0, 0.1) is 17.3 Å². The fourth-order valence-electron chi connectivity index (χ4n) is 4.57. The van der Waals surface area contributed by atoms with Crippen LogP contribution in [0.1, 0.15) is 64.2 Å². The first kappa shape index (κ1) is 13.9. The average Bonchev–Trinajstić information content (AvgIpc) is 2.50. The van der Waals surface area contributed by atoms with Crippen molar-refractivity contribution in [3.8, 4) is 0 Å². The molecular formula is C16H24O4. The molecule has 3 rings (SSSR count). The van der Waals surface area contributed by atoms with Crippen LogP contribution in [0.2, 0.25) is 0 Å². The number of carbonyl (C=O) groups is 2. The van der Waals surface area contributed by atoms with Crippen LogP contribution >= 0.6 is 0 Å². The van der Waals surface area contributed by atoms with Crippen molar-refractivity contribution in [3.05, 3.63) is 0 Å². The summed E-state index contributed by atoms with van der Waals surface area (Å²) in [4.78, 5) is 25.2.